The molecule has 0 aromatic rings. The van der Waals surface area contributed by atoms with Crippen molar-refractivity contribution in [3.05, 3.63) is 0 Å². The first-order chi connectivity index (χ1) is 9.55. The van der Waals surface area contributed by atoms with E-state index in [9.17, 15) is 9.59 Å². The van der Waals surface area contributed by atoms with Crippen LogP contribution < -0.4 is 11.1 Å². The zero-order chi connectivity index (χ0) is 16.6. The molecular formula is C16H33N3O2. The standard InChI is InChI=1S/C16H33N3O2/c1-12(2)13(17)9-11-19(6)14(20)8-7-10-18-15(21)16(3,4)5/h12-13H,7-11,17H2,1-6H3,(H,18,21). The number of carbonyl (C=O) groups excluding carboxylic acids is 2. The number of nitrogens with two attached hydrogens (primary N) is 1. The van der Waals surface area contributed by atoms with Gasteiger partial charge in [-0.3, -0.25) is 9.59 Å². The van der Waals surface area contributed by atoms with Crippen molar-refractivity contribution >= 4 is 11.8 Å². The minimum Gasteiger partial charge on any atom is -0.356 e. The molecule has 2 amide bonds. The minimum atomic E-state index is -0.381. The lowest BCUT2D eigenvalue weighted by Gasteiger charge is -2.22. The lowest BCUT2D eigenvalue weighted by molar-refractivity contribution is -0.131. The SMILES string of the molecule is CC(C)C(N)CCN(C)C(=O)CCCNC(=O)C(C)(C)C. The van der Waals surface area contributed by atoms with Crippen LogP contribution in [0.4, 0.5) is 0 Å². The van der Waals surface area contributed by atoms with Gasteiger partial charge in [0.05, 0.1) is 0 Å². The third-order valence-corrected chi connectivity index (χ3v) is 3.61. The average Bonchev–Trinajstić information content (AvgIpc) is 2.38. The van der Waals surface area contributed by atoms with Crippen molar-refractivity contribution in [1.82, 2.24) is 10.2 Å². The van der Waals surface area contributed by atoms with Crippen LogP contribution in [0.15, 0.2) is 0 Å². The largest absolute Gasteiger partial charge is 0.356 e. The van der Waals surface area contributed by atoms with Crippen LogP contribution in [-0.4, -0.2) is 42.9 Å². The van der Waals surface area contributed by atoms with Crippen molar-refractivity contribution in [2.45, 2.75) is 59.9 Å². The van der Waals surface area contributed by atoms with Crippen molar-refractivity contribution < 1.29 is 9.59 Å². The maximum atomic E-state index is 11.9. The van der Waals surface area contributed by atoms with Crippen molar-refractivity contribution in [2.24, 2.45) is 17.1 Å². The molecular weight excluding hydrogens is 266 g/mol. The Labute approximate surface area is 129 Å². The van der Waals surface area contributed by atoms with Crippen LogP contribution in [-0.2, 0) is 9.59 Å². The lowest BCUT2D eigenvalue weighted by Crippen LogP contribution is -2.36. The van der Waals surface area contributed by atoms with Gasteiger partial charge in [0.15, 0.2) is 0 Å². The number of carbonyl (C=O) groups is 2. The van der Waals surface area contributed by atoms with Crippen LogP contribution in [0.5, 0.6) is 0 Å². The van der Waals surface area contributed by atoms with Gasteiger partial charge < -0.3 is 16.0 Å². The summed E-state index contributed by atoms with van der Waals surface area (Å²) in [5.41, 5.74) is 5.59. The maximum Gasteiger partial charge on any atom is 0.225 e. The fourth-order valence-corrected chi connectivity index (χ4v) is 1.70. The fraction of sp³-hybridized carbons (Fsp3) is 0.875. The molecule has 0 rings (SSSR count). The van der Waals surface area contributed by atoms with E-state index in [0.29, 0.717) is 31.8 Å². The van der Waals surface area contributed by atoms with Gasteiger partial charge in [-0.05, 0) is 18.8 Å². The van der Waals surface area contributed by atoms with E-state index < -0.39 is 0 Å². The van der Waals surface area contributed by atoms with Gasteiger partial charge in [0.25, 0.3) is 0 Å². The normalized spacial score (nSPS) is 13.1. The molecule has 0 bridgehead atoms. The molecule has 0 fully saturated rings. The molecule has 21 heavy (non-hydrogen) atoms. The quantitative estimate of drug-likeness (QED) is 0.671. The average molecular weight is 299 g/mol. The van der Waals surface area contributed by atoms with Crippen molar-refractivity contribution in [1.29, 1.82) is 0 Å². The van der Waals surface area contributed by atoms with E-state index in [0.717, 1.165) is 6.42 Å². The van der Waals surface area contributed by atoms with E-state index in [-0.39, 0.29) is 23.3 Å². The molecule has 0 aromatic heterocycles. The highest BCUT2D eigenvalue weighted by Crippen LogP contribution is 2.12. The van der Waals surface area contributed by atoms with Crippen molar-refractivity contribution in [2.75, 3.05) is 20.1 Å². The van der Waals surface area contributed by atoms with Crippen LogP contribution >= 0.6 is 0 Å². The Morgan fingerprint density at radius 2 is 1.81 bits per heavy atom. The predicted octanol–water partition coefficient (Wildman–Crippen LogP) is 1.76. The summed E-state index contributed by atoms with van der Waals surface area (Å²) in [5.74, 6) is 0.559. The highest BCUT2D eigenvalue weighted by Gasteiger charge is 2.20. The van der Waals surface area contributed by atoms with E-state index in [1.807, 2.05) is 27.8 Å². The molecule has 1 unspecified atom stereocenters. The van der Waals surface area contributed by atoms with Gasteiger partial charge in [-0.15, -0.1) is 0 Å². The Morgan fingerprint density at radius 1 is 1.24 bits per heavy atom. The van der Waals surface area contributed by atoms with Gasteiger partial charge in [0.1, 0.15) is 0 Å². The van der Waals surface area contributed by atoms with E-state index in [2.05, 4.69) is 19.2 Å². The molecule has 0 saturated heterocycles. The second-order valence-corrected chi connectivity index (χ2v) is 7.12. The number of amides is 2. The number of nitrogens with zero attached hydrogens (tertiary/aromatic N) is 1. The Kier molecular flexibility index (Phi) is 8.55. The molecule has 1 atom stereocenters. The third-order valence-electron chi connectivity index (χ3n) is 3.61. The molecule has 0 spiro atoms. The van der Waals surface area contributed by atoms with Crippen molar-refractivity contribution in [3.8, 4) is 0 Å². The Bertz CT molecular complexity index is 335. The first kappa shape index (κ1) is 19.9. The van der Waals surface area contributed by atoms with Crippen LogP contribution in [0.25, 0.3) is 0 Å². The summed E-state index contributed by atoms with van der Waals surface area (Å²) in [7, 11) is 1.81. The Morgan fingerprint density at radius 3 is 2.29 bits per heavy atom. The molecule has 0 saturated carbocycles. The van der Waals surface area contributed by atoms with Gasteiger partial charge in [0.2, 0.25) is 11.8 Å². The molecule has 0 aliphatic rings. The summed E-state index contributed by atoms with van der Waals surface area (Å²) < 4.78 is 0. The molecule has 5 heteroatoms. The summed E-state index contributed by atoms with van der Waals surface area (Å²) in [6.45, 7) is 11.0. The molecule has 0 aliphatic carbocycles. The van der Waals surface area contributed by atoms with E-state index in [1.165, 1.54) is 0 Å². The Balaban J connectivity index is 3.86. The van der Waals surface area contributed by atoms with Crippen LogP contribution in [0.3, 0.4) is 0 Å². The van der Waals surface area contributed by atoms with E-state index in [4.69, 9.17) is 5.73 Å². The van der Waals surface area contributed by atoms with Crippen LogP contribution in [0.1, 0.15) is 53.9 Å². The second kappa shape index (κ2) is 9.03. The highest BCUT2D eigenvalue weighted by atomic mass is 16.2. The fourth-order valence-electron chi connectivity index (χ4n) is 1.70. The number of hydrogen-bond donors (Lipinski definition) is 2. The smallest absolute Gasteiger partial charge is 0.225 e. The number of hydrogen-bond acceptors (Lipinski definition) is 3. The van der Waals surface area contributed by atoms with Gasteiger partial charge >= 0.3 is 0 Å². The molecule has 0 heterocycles. The summed E-state index contributed by atoms with van der Waals surface area (Å²) in [6, 6.07) is 0.131. The monoisotopic (exact) mass is 299 g/mol. The zero-order valence-corrected chi connectivity index (χ0v) is 14.5. The number of rotatable bonds is 8. The zero-order valence-electron chi connectivity index (χ0n) is 14.5. The van der Waals surface area contributed by atoms with Crippen LogP contribution in [0.2, 0.25) is 0 Å². The first-order valence-electron chi connectivity index (χ1n) is 7.83. The van der Waals surface area contributed by atoms with Gasteiger partial charge in [-0.2, -0.15) is 0 Å². The first-order valence-corrected chi connectivity index (χ1v) is 7.83. The summed E-state index contributed by atoms with van der Waals surface area (Å²) in [6.07, 6.45) is 1.94. The predicted molar refractivity (Wildman–Crippen MR) is 86.8 cm³/mol. The lowest BCUT2D eigenvalue weighted by atomic mass is 9.96. The minimum absolute atomic E-state index is 0.0196. The summed E-state index contributed by atoms with van der Waals surface area (Å²) in [5, 5.41) is 2.85. The molecule has 0 aromatic carbocycles. The van der Waals surface area contributed by atoms with E-state index in [1.54, 1.807) is 4.90 Å². The molecule has 5 nitrogen and oxygen atoms in total. The molecule has 124 valence electrons. The highest BCUT2D eigenvalue weighted by molar-refractivity contribution is 5.81. The van der Waals surface area contributed by atoms with Crippen molar-refractivity contribution in [3.63, 3.8) is 0 Å². The van der Waals surface area contributed by atoms with E-state index >= 15 is 0 Å². The Hall–Kier alpha value is -1.10. The van der Waals surface area contributed by atoms with Crippen LogP contribution in [0, 0.1) is 11.3 Å². The summed E-state index contributed by atoms with van der Waals surface area (Å²) in [4.78, 5) is 25.3. The third kappa shape index (κ3) is 8.71. The second-order valence-electron chi connectivity index (χ2n) is 7.12. The van der Waals surface area contributed by atoms with Gasteiger partial charge in [-0.25, -0.2) is 0 Å². The maximum absolute atomic E-state index is 11.9. The van der Waals surface area contributed by atoms with Gasteiger partial charge in [-0.1, -0.05) is 34.6 Å². The molecule has 3 N–H and O–H groups in total. The number of nitrogens with one attached hydrogen (secondary N) is 1. The molecule has 0 radical (unpaired) electrons. The molecule has 0 aliphatic heterocycles. The summed E-state index contributed by atoms with van der Waals surface area (Å²) >= 11 is 0. The topological polar surface area (TPSA) is 75.4 Å². The van der Waals surface area contributed by atoms with Gasteiger partial charge in [0, 0.05) is 38.0 Å².